The van der Waals surface area contributed by atoms with E-state index in [0.29, 0.717) is 6.54 Å². The molecule has 2 heteroatoms. The molecule has 0 heterocycles. The van der Waals surface area contributed by atoms with Gasteiger partial charge in [-0.25, -0.2) is 0 Å². The molecule has 1 fully saturated rings. The van der Waals surface area contributed by atoms with Crippen LogP contribution in [0.4, 0.5) is 0 Å². The molecule has 0 aliphatic heterocycles. The van der Waals surface area contributed by atoms with Crippen molar-refractivity contribution in [2.24, 2.45) is 5.41 Å². The van der Waals surface area contributed by atoms with E-state index in [1.54, 1.807) is 11.9 Å². The van der Waals surface area contributed by atoms with E-state index in [0.717, 1.165) is 19.3 Å². The largest absolute Gasteiger partial charge is 0.334 e. The summed E-state index contributed by atoms with van der Waals surface area (Å²) in [5, 5.41) is 0. The molecule has 0 spiro atoms. The average Bonchev–Trinajstić information content (AvgIpc) is 2.66. The van der Waals surface area contributed by atoms with Crippen LogP contribution in [-0.2, 0) is 4.79 Å². The van der Waals surface area contributed by atoms with E-state index in [9.17, 15) is 4.79 Å². The first-order valence-corrected chi connectivity index (χ1v) is 5.35. The highest BCUT2D eigenvalue weighted by Crippen LogP contribution is 2.42. The first-order chi connectivity index (χ1) is 6.66. The normalized spacial score (nSPS) is 18.9. The summed E-state index contributed by atoms with van der Waals surface area (Å²) in [7, 11) is 1.80. The second-order valence-corrected chi connectivity index (χ2v) is 4.21. The van der Waals surface area contributed by atoms with E-state index in [4.69, 9.17) is 6.42 Å². The summed E-state index contributed by atoms with van der Waals surface area (Å²) in [6.07, 6.45) is 10.6. The summed E-state index contributed by atoms with van der Waals surface area (Å²) in [4.78, 5) is 13.8. The van der Waals surface area contributed by atoms with Gasteiger partial charge in [0.05, 0.1) is 6.54 Å². The third-order valence-corrected chi connectivity index (χ3v) is 3.37. The Bertz CT molecular complexity index is 246. The molecule has 14 heavy (non-hydrogen) atoms. The number of hydrogen-bond donors (Lipinski definition) is 0. The van der Waals surface area contributed by atoms with Gasteiger partial charge < -0.3 is 4.90 Å². The number of amides is 1. The van der Waals surface area contributed by atoms with Crippen LogP contribution in [-0.4, -0.2) is 24.4 Å². The lowest BCUT2D eigenvalue weighted by atomic mass is 9.82. The molecular formula is C12H19NO. The van der Waals surface area contributed by atoms with E-state index in [-0.39, 0.29) is 11.3 Å². The molecule has 0 saturated heterocycles. The Morgan fingerprint density at radius 1 is 1.50 bits per heavy atom. The molecule has 0 bridgehead atoms. The molecule has 1 rings (SSSR count). The van der Waals surface area contributed by atoms with E-state index < -0.39 is 0 Å². The quantitative estimate of drug-likeness (QED) is 0.628. The minimum atomic E-state index is -0.0917. The van der Waals surface area contributed by atoms with Crippen molar-refractivity contribution in [1.82, 2.24) is 4.90 Å². The number of nitrogens with zero attached hydrogens (tertiary/aromatic N) is 1. The topological polar surface area (TPSA) is 20.3 Å². The van der Waals surface area contributed by atoms with Gasteiger partial charge in [-0.15, -0.1) is 6.42 Å². The maximum Gasteiger partial charge on any atom is 0.229 e. The van der Waals surface area contributed by atoms with Gasteiger partial charge in [0.1, 0.15) is 0 Å². The molecule has 2 nitrogen and oxygen atoms in total. The van der Waals surface area contributed by atoms with E-state index in [1.165, 1.54) is 12.8 Å². The summed E-state index contributed by atoms with van der Waals surface area (Å²) >= 11 is 0. The molecule has 0 N–H and O–H groups in total. The lowest BCUT2D eigenvalue weighted by Crippen LogP contribution is -2.40. The Labute approximate surface area is 86.7 Å². The fourth-order valence-electron chi connectivity index (χ4n) is 2.38. The van der Waals surface area contributed by atoms with Crippen molar-refractivity contribution in [2.75, 3.05) is 13.6 Å². The van der Waals surface area contributed by atoms with Crippen molar-refractivity contribution in [3.63, 3.8) is 0 Å². The zero-order chi connectivity index (χ0) is 10.6. The Balaban J connectivity index is 2.70. The number of carbonyl (C=O) groups is 1. The highest BCUT2D eigenvalue weighted by atomic mass is 16.2. The van der Waals surface area contributed by atoms with Crippen LogP contribution in [0, 0.1) is 17.8 Å². The average molecular weight is 193 g/mol. The van der Waals surface area contributed by atoms with Gasteiger partial charge in [0.2, 0.25) is 5.91 Å². The Morgan fingerprint density at radius 2 is 2.07 bits per heavy atom. The number of terminal acetylenes is 1. The number of hydrogen-bond acceptors (Lipinski definition) is 1. The Hall–Kier alpha value is -0.970. The summed E-state index contributed by atoms with van der Waals surface area (Å²) < 4.78 is 0. The van der Waals surface area contributed by atoms with Gasteiger partial charge in [-0.2, -0.15) is 0 Å². The molecule has 1 aliphatic rings. The molecule has 1 saturated carbocycles. The van der Waals surface area contributed by atoms with Crippen molar-refractivity contribution in [2.45, 2.75) is 39.0 Å². The number of rotatable bonds is 3. The second kappa shape index (κ2) is 4.50. The lowest BCUT2D eigenvalue weighted by molar-refractivity contribution is -0.140. The van der Waals surface area contributed by atoms with Crippen LogP contribution in [0.5, 0.6) is 0 Å². The maximum absolute atomic E-state index is 12.1. The van der Waals surface area contributed by atoms with Gasteiger partial charge in [-0.1, -0.05) is 25.7 Å². The van der Waals surface area contributed by atoms with E-state index >= 15 is 0 Å². The van der Waals surface area contributed by atoms with Crippen molar-refractivity contribution in [3.8, 4) is 12.3 Å². The minimum Gasteiger partial charge on any atom is -0.334 e. The van der Waals surface area contributed by atoms with Crippen molar-refractivity contribution >= 4 is 5.91 Å². The summed E-state index contributed by atoms with van der Waals surface area (Å²) in [5.74, 6) is 2.76. The highest BCUT2D eigenvalue weighted by molar-refractivity contribution is 5.83. The van der Waals surface area contributed by atoms with Crippen LogP contribution in [0.15, 0.2) is 0 Å². The second-order valence-electron chi connectivity index (χ2n) is 4.21. The summed E-state index contributed by atoms with van der Waals surface area (Å²) in [6.45, 7) is 2.54. The molecule has 78 valence electrons. The molecule has 0 aromatic carbocycles. The maximum atomic E-state index is 12.1. The first kappa shape index (κ1) is 11.1. The highest BCUT2D eigenvalue weighted by Gasteiger charge is 2.40. The monoisotopic (exact) mass is 193 g/mol. The van der Waals surface area contributed by atoms with Crippen molar-refractivity contribution < 1.29 is 4.79 Å². The molecule has 0 aromatic heterocycles. The molecule has 1 aliphatic carbocycles. The third kappa shape index (κ3) is 1.92. The van der Waals surface area contributed by atoms with Gasteiger partial charge in [0, 0.05) is 12.5 Å². The summed E-state index contributed by atoms with van der Waals surface area (Å²) in [6, 6.07) is 0. The van der Waals surface area contributed by atoms with Crippen molar-refractivity contribution in [3.05, 3.63) is 0 Å². The van der Waals surface area contributed by atoms with Crippen LogP contribution in [0.25, 0.3) is 0 Å². The third-order valence-electron chi connectivity index (χ3n) is 3.37. The fourth-order valence-corrected chi connectivity index (χ4v) is 2.38. The Morgan fingerprint density at radius 3 is 2.50 bits per heavy atom. The zero-order valence-electron chi connectivity index (χ0n) is 9.18. The summed E-state index contributed by atoms with van der Waals surface area (Å²) in [5.41, 5.74) is -0.0917. The SMILES string of the molecule is C#CCN(C)C(=O)C1(CC)CCCC1. The van der Waals surface area contributed by atoms with Crippen LogP contribution in [0.1, 0.15) is 39.0 Å². The lowest BCUT2D eigenvalue weighted by Gasteiger charge is -2.30. The van der Waals surface area contributed by atoms with Gasteiger partial charge in [-0.05, 0) is 19.3 Å². The molecule has 0 atom stereocenters. The predicted molar refractivity (Wildman–Crippen MR) is 57.7 cm³/mol. The molecule has 0 radical (unpaired) electrons. The molecule has 1 amide bonds. The first-order valence-electron chi connectivity index (χ1n) is 5.35. The van der Waals surface area contributed by atoms with Crippen LogP contribution < -0.4 is 0 Å². The van der Waals surface area contributed by atoms with Crippen molar-refractivity contribution in [1.29, 1.82) is 0 Å². The van der Waals surface area contributed by atoms with Crippen LogP contribution >= 0.6 is 0 Å². The predicted octanol–water partition coefficient (Wildman–Crippen LogP) is 2.05. The van der Waals surface area contributed by atoms with Gasteiger partial charge in [0.15, 0.2) is 0 Å². The van der Waals surface area contributed by atoms with Gasteiger partial charge >= 0.3 is 0 Å². The van der Waals surface area contributed by atoms with Crippen LogP contribution in [0.2, 0.25) is 0 Å². The smallest absolute Gasteiger partial charge is 0.229 e. The number of carbonyl (C=O) groups excluding carboxylic acids is 1. The van der Waals surface area contributed by atoms with Gasteiger partial charge in [0.25, 0.3) is 0 Å². The molecule has 0 aromatic rings. The molecule has 0 unspecified atom stereocenters. The molecular weight excluding hydrogens is 174 g/mol. The standard InChI is InChI=1S/C12H19NO/c1-4-10-13(3)11(14)12(5-2)8-6-7-9-12/h1H,5-10H2,2-3H3. The minimum absolute atomic E-state index is 0.0917. The Kier molecular flexibility index (Phi) is 3.57. The van der Waals surface area contributed by atoms with E-state index in [1.807, 2.05) is 0 Å². The van der Waals surface area contributed by atoms with E-state index in [2.05, 4.69) is 12.8 Å². The fraction of sp³-hybridized carbons (Fsp3) is 0.750. The van der Waals surface area contributed by atoms with Crippen LogP contribution in [0.3, 0.4) is 0 Å². The zero-order valence-corrected chi connectivity index (χ0v) is 9.18. The van der Waals surface area contributed by atoms with Gasteiger partial charge in [-0.3, -0.25) is 4.79 Å².